The van der Waals surface area contributed by atoms with Gasteiger partial charge in [-0.05, 0) is 25.7 Å². The summed E-state index contributed by atoms with van der Waals surface area (Å²) in [6, 6.07) is 0.170. The van der Waals surface area contributed by atoms with E-state index in [0.717, 1.165) is 25.7 Å². The summed E-state index contributed by atoms with van der Waals surface area (Å²) in [5, 5.41) is 0. The minimum atomic E-state index is -2.18. The summed E-state index contributed by atoms with van der Waals surface area (Å²) >= 11 is 0. The number of nitrogens with zero attached hydrogens (tertiary/aromatic N) is 2. The third-order valence-corrected chi connectivity index (χ3v) is 4.12. The fraction of sp³-hybridized carbons (Fsp3) is 0.533. The van der Waals surface area contributed by atoms with Crippen LogP contribution < -0.4 is 4.74 Å². The van der Waals surface area contributed by atoms with Gasteiger partial charge in [0.2, 0.25) is 34.8 Å². The first-order chi connectivity index (χ1) is 11.0. The van der Waals surface area contributed by atoms with Crippen LogP contribution in [0.5, 0.6) is 5.75 Å². The van der Waals surface area contributed by atoms with Crippen molar-refractivity contribution < 1.29 is 31.3 Å². The molecule has 1 aromatic carbocycles. The molecule has 0 N–H and O–H groups in total. The molecule has 2 fully saturated rings. The van der Waals surface area contributed by atoms with Crippen LogP contribution in [-0.4, -0.2) is 41.7 Å². The van der Waals surface area contributed by atoms with Gasteiger partial charge in [0.25, 0.3) is 0 Å². The first-order valence-corrected chi connectivity index (χ1v) is 7.57. The Balaban J connectivity index is 2.03. The predicted molar refractivity (Wildman–Crippen MR) is 71.9 cm³/mol. The second-order valence-electron chi connectivity index (χ2n) is 5.67. The van der Waals surface area contributed by atoms with Gasteiger partial charge in [0.05, 0.1) is 26.2 Å². The Morgan fingerprint density at radius 1 is 0.739 bits per heavy atom. The molecule has 126 valence electrons. The molecule has 2 saturated heterocycles. The zero-order valence-electron chi connectivity index (χ0n) is 12.3. The predicted octanol–water partition coefficient (Wildman–Crippen LogP) is 3.02. The number of ether oxygens (including phenoxy) is 1. The number of likely N-dealkylation sites (tertiary alicyclic amines) is 1. The lowest BCUT2D eigenvalue weighted by Crippen LogP contribution is -2.40. The van der Waals surface area contributed by atoms with Crippen LogP contribution in [0, 0.1) is 29.1 Å². The molecule has 0 amide bonds. The molecule has 1 aromatic rings. The highest BCUT2D eigenvalue weighted by Gasteiger charge is 2.35. The minimum absolute atomic E-state index is 0.170. The number of rotatable bonds is 1. The molecule has 3 nitrogen and oxygen atoms in total. The van der Waals surface area contributed by atoms with E-state index in [-0.39, 0.29) is 6.02 Å². The normalized spacial score (nSPS) is 18.0. The molecule has 0 bridgehead atoms. The van der Waals surface area contributed by atoms with Crippen LogP contribution in [0.1, 0.15) is 25.7 Å². The van der Waals surface area contributed by atoms with E-state index in [9.17, 15) is 22.0 Å². The van der Waals surface area contributed by atoms with E-state index in [4.69, 9.17) is 4.74 Å². The van der Waals surface area contributed by atoms with Gasteiger partial charge in [0.15, 0.2) is 0 Å². The first-order valence-electron chi connectivity index (χ1n) is 7.57. The third kappa shape index (κ3) is 2.86. The monoisotopic (exact) mass is 335 g/mol. The zero-order chi connectivity index (χ0) is 16.6. The minimum Gasteiger partial charge on any atom is -0.386 e. The molecular formula is C15H16F5N2O+. The highest BCUT2D eigenvalue weighted by Crippen LogP contribution is 2.30. The van der Waals surface area contributed by atoms with E-state index < -0.39 is 34.8 Å². The largest absolute Gasteiger partial charge is 0.451 e. The quantitative estimate of drug-likeness (QED) is 0.258. The maximum atomic E-state index is 13.8. The number of hydrogen-bond acceptors (Lipinski definition) is 1. The van der Waals surface area contributed by atoms with Crippen molar-refractivity contribution in [3.05, 3.63) is 29.1 Å². The van der Waals surface area contributed by atoms with Crippen molar-refractivity contribution in [2.24, 2.45) is 0 Å². The van der Waals surface area contributed by atoms with Crippen LogP contribution in [0.2, 0.25) is 0 Å². The van der Waals surface area contributed by atoms with Crippen molar-refractivity contribution in [3.63, 3.8) is 0 Å². The lowest BCUT2D eigenvalue weighted by molar-refractivity contribution is -0.518. The topological polar surface area (TPSA) is 15.5 Å². The van der Waals surface area contributed by atoms with Gasteiger partial charge < -0.3 is 4.74 Å². The summed E-state index contributed by atoms with van der Waals surface area (Å²) in [6.07, 6.45) is 3.55. The molecule has 0 spiro atoms. The van der Waals surface area contributed by atoms with Crippen LogP contribution in [0.25, 0.3) is 0 Å². The molecule has 0 aromatic heterocycles. The maximum absolute atomic E-state index is 13.8. The van der Waals surface area contributed by atoms with Gasteiger partial charge in [-0.25, -0.2) is 22.6 Å². The molecule has 2 heterocycles. The van der Waals surface area contributed by atoms with Crippen molar-refractivity contribution in [2.45, 2.75) is 25.7 Å². The van der Waals surface area contributed by atoms with E-state index in [1.54, 1.807) is 9.48 Å². The van der Waals surface area contributed by atoms with Crippen molar-refractivity contribution in [2.75, 3.05) is 26.2 Å². The third-order valence-electron chi connectivity index (χ3n) is 4.12. The van der Waals surface area contributed by atoms with Crippen LogP contribution in [0.3, 0.4) is 0 Å². The molecule has 0 saturated carbocycles. The summed E-state index contributed by atoms with van der Waals surface area (Å²) in [5.74, 6) is -11.3. The fourth-order valence-corrected chi connectivity index (χ4v) is 2.91. The van der Waals surface area contributed by atoms with Gasteiger partial charge in [-0.1, -0.05) is 0 Å². The SMILES string of the molecule is Fc1c(F)c(F)c(OC(N2CCCC2)=[N+]2CCCC2)c(F)c1F. The molecule has 3 rings (SSSR count). The summed E-state index contributed by atoms with van der Waals surface area (Å²) in [7, 11) is 0. The Morgan fingerprint density at radius 3 is 1.74 bits per heavy atom. The lowest BCUT2D eigenvalue weighted by Gasteiger charge is -2.17. The molecule has 0 aliphatic carbocycles. The average Bonchev–Trinajstić information content (AvgIpc) is 3.25. The molecular weight excluding hydrogens is 319 g/mol. The Hall–Kier alpha value is -1.86. The molecule has 2 aliphatic rings. The Labute approximate surface area is 130 Å². The summed E-state index contributed by atoms with van der Waals surface area (Å²) in [5.41, 5.74) is 0. The smallest absolute Gasteiger partial charge is 0.386 e. The highest BCUT2D eigenvalue weighted by atomic mass is 19.2. The van der Waals surface area contributed by atoms with Gasteiger partial charge in [-0.3, -0.25) is 0 Å². The number of hydrogen-bond donors (Lipinski definition) is 0. The highest BCUT2D eigenvalue weighted by molar-refractivity contribution is 5.72. The van der Waals surface area contributed by atoms with E-state index in [2.05, 4.69) is 0 Å². The molecule has 8 heteroatoms. The second-order valence-corrected chi connectivity index (χ2v) is 5.67. The second kappa shape index (κ2) is 6.33. The molecule has 2 aliphatic heterocycles. The van der Waals surface area contributed by atoms with Crippen molar-refractivity contribution in [1.29, 1.82) is 0 Å². The Bertz CT molecular complexity index is 619. The average molecular weight is 335 g/mol. The van der Waals surface area contributed by atoms with Crippen LogP contribution in [0.15, 0.2) is 0 Å². The maximum Gasteiger partial charge on any atom is 0.451 e. The first kappa shape index (κ1) is 16.0. The van der Waals surface area contributed by atoms with Crippen LogP contribution in [-0.2, 0) is 0 Å². The summed E-state index contributed by atoms with van der Waals surface area (Å²) in [4.78, 5) is 1.78. The zero-order valence-corrected chi connectivity index (χ0v) is 12.3. The number of halogens is 5. The molecule has 23 heavy (non-hydrogen) atoms. The molecule has 0 atom stereocenters. The lowest BCUT2D eigenvalue weighted by atomic mass is 10.2. The van der Waals surface area contributed by atoms with Gasteiger partial charge in [0, 0.05) is 0 Å². The van der Waals surface area contributed by atoms with E-state index in [1.807, 2.05) is 0 Å². The van der Waals surface area contributed by atoms with E-state index in [1.165, 1.54) is 0 Å². The van der Waals surface area contributed by atoms with Gasteiger partial charge >= 0.3 is 6.02 Å². The number of amidine groups is 1. The van der Waals surface area contributed by atoms with Crippen LogP contribution >= 0.6 is 0 Å². The molecule has 0 unspecified atom stereocenters. The van der Waals surface area contributed by atoms with E-state index >= 15 is 0 Å². The molecule has 0 radical (unpaired) electrons. The Morgan fingerprint density at radius 2 is 1.22 bits per heavy atom. The van der Waals surface area contributed by atoms with E-state index in [0.29, 0.717) is 26.2 Å². The summed E-state index contributed by atoms with van der Waals surface area (Å²) in [6.45, 7) is 2.50. The van der Waals surface area contributed by atoms with Gasteiger partial charge in [-0.2, -0.15) is 8.78 Å². The van der Waals surface area contributed by atoms with Crippen LogP contribution in [0.4, 0.5) is 22.0 Å². The Kier molecular flexibility index (Phi) is 4.41. The van der Waals surface area contributed by atoms with Crippen molar-refractivity contribution in [3.8, 4) is 5.75 Å². The van der Waals surface area contributed by atoms with Crippen molar-refractivity contribution >= 4 is 6.02 Å². The standard InChI is InChI=1S/C15H16F5N2O/c16-9-10(17)12(19)14(13(20)11(9)18)23-15(21-5-1-2-6-21)22-7-3-4-8-22/h1-8H2/q+1. The number of benzene rings is 1. The van der Waals surface area contributed by atoms with Gasteiger partial charge in [0.1, 0.15) is 0 Å². The summed E-state index contributed by atoms with van der Waals surface area (Å²) < 4.78 is 74.5. The fourth-order valence-electron chi connectivity index (χ4n) is 2.91. The van der Waals surface area contributed by atoms with Crippen molar-refractivity contribution in [1.82, 2.24) is 4.90 Å². The van der Waals surface area contributed by atoms with Gasteiger partial charge in [-0.15, -0.1) is 0 Å².